The summed E-state index contributed by atoms with van der Waals surface area (Å²) >= 11 is 0. The van der Waals surface area contributed by atoms with E-state index in [0.29, 0.717) is 6.61 Å². The number of hydrogen-bond donors (Lipinski definition) is 0. The Labute approximate surface area is 61.4 Å². The maximum atomic E-state index is 5.34. The summed E-state index contributed by atoms with van der Waals surface area (Å²) in [5.74, 6) is 0.991. The van der Waals surface area contributed by atoms with Crippen LogP contribution in [0.25, 0.3) is 6.08 Å². The molecule has 0 radical (unpaired) electrons. The largest absolute Gasteiger partial charge is 1.00 e. The highest BCUT2D eigenvalue weighted by Gasteiger charge is 2.01. The molecule has 1 aromatic rings. The molecule has 0 N–H and O–H groups in total. The summed E-state index contributed by atoms with van der Waals surface area (Å²) in [6.07, 6.45) is 4.10. The Morgan fingerprint density at radius 2 is 2.20 bits per heavy atom. The molecule has 0 bridgehead atoms. The fourth-order valence-corrected chi connectivity index (χ4v) is 1.06. The van der Waals surface area contributed by atoms with Crippen LogP contribution in [0.4, 0.5) is 0 Å². The van der Waals surface area contributed by atoms with Crippen LogP contribution >= 0.6 is 0 Å². The molecule has 0 atom stereocenters. The van der Waals surface area contributed by atoms with E-state index in [1.807, 2.05) is 30.3 Å². The lowest BCUT2D eigenvalue weighted by Crippen LogP contribution is -1.98. The van der Waals surface area contributed by atoms with Crippen molar-refractivity contribution in [2.24, 2.45) is 0 Å². The Balaban J connectivity index is 0.000000605. The zero-order chi connectivity index (χ0) is 6.81. The zero-order valence-electron chi connectivity index (χ0n) is 6.58. The monoisotopic (exact) mass is 133 g/mol. The molecule has 10 heavy (non-hydrogen) atoms. The molecule has 1 aliphatic heterocycles. The van der Waals surface area contributed by atoms with Crippen LogP contribution < -0.4 is 4.74 Å². The number of para-hydroxylation sites is 1. The highest BCUT2D eigenvalue weighted by molar-refractivity contribution is 5.58. The molecule has 0 fully saturated rings. The lowest BCUT2D eigenvalue weighted by molar-refractivity contribution is 0.358. The molecule has 1 aliphatic rings. The van der Waals surface area contributed by atoms with Gasteiger partial charge in [-0.1, -0.05) is 24.3 Å². The number of hydrogen-bond acceptors (Lipinski definition) is 1. The normalized spacial score (nSPS) is 14.0. The molecule has 0 saturated heterocycles. The minimum atomic E-state index is 0. The van der Waals surface area contributed by atoms with Gasteiger partial charge in [0, 0.05) is 5.56 Å². The highest BCUT2D eigenvalue weighted by Crippen LogP contribution is 2.21. The van der Waals surface area contributed by atoms with Crippen LogP contribution in [0.2, 0.25) is 0 Å². The van der Waals surface area contributed by atoms with Gasteiger partial charge in [-0.15, -0.1) is 0 Å². The fourth-order valence-electron chi connectivity index (χ4n) is 1.06. The molecular formula is C9H9O+. The van der Waals surface area contributed by atoms with Crippen molar-refractivity contribution in [3.05, 3.63) is 35.9 Å². The Hall–Kier alpha value is -1.24. The van der Waals surface area contributed by atoms with Crippen molar-refractivity contribution in [2.75, 3.05) is 6.61 Å². The molecule has 1 heterocycles. The molecule has 1 nitrogen and oxygen atoms in total. The Morgan fingerprint density at radius 1 is 1.30 bits per heavy atom. The van der Waals surface area contributed by atoms with Gasteiger partial charge < -0.3 is 4.74 Å². The number of rotatable bonds is 0. The summed E-state index contributed by atoms with van der Waals surface area (Å²) < 4.78 is 5.34. The molecule has 2 rings (SSSR count). The van der Waals surface area contributed by atoms with Crippen LogP contribution in [-0.2, 0) is 0 Å². The first-order valence-corrected chi connectivity index (χ1v) is 3.35. The van der Waals surface area contributed by atoms with Gasteiger partial charge in [0.2, 0.25) is 0 Å². The predicted molar refractivity (Wildman–Crippen MR) is 42.1 cm³/mol. The molecule has 50 valence electrons. The van der Waals surface area contributed by atoms with E-state index in [1.165, 1.54) is 5.56 Å². The third kappa shape index (κ3) is 0.798. The van der Waals surface area contributed by atoms with Crippen LogP contribution in [0.1, 0.15) is 6.99 Å². The van der Waals surface area contributed by atoms with Gasteiger partial charge in [0.05, 0.1) is 0 Å². The molecule has 0 spiro atoms. The van der Waals surface area contributed by atoms with E-state index in [1.54, 1.807) is 0 Å². The number of fused-ring (bicyclic) bond motifs is 1. The van der Waals surface area contributed by atoms with E-state index < -0.39 is 0 Å². The molecule has 1 heteroatoms. The fraction of sp³-hybridized carbons (Fsp3) is 0.111. The van der Waals surface area contributed by atoms with E-state index >= 15 is 0 Å². The van der Waals surface area contributed by atoms with Crippen molar-refractivity contribution in [3.63, 3.8) is 0 Å². The van der Waals surface area contributed by atoms with Crippen LogP contribution in [-0.4, -0.2) is 6.61 Å². The second-order valence-corrected chi connectivity index (χ2v) is 2.25. The summed E-state index contributed by atoms with van der Waals surface area (Å²) in [6.45, 7) is 0.705. The topological polar surface area (TPSA) is 9.23 Å². The van der Waals surface area contributed by atoms with Gasteiger partial charge in [0.1, 0.15) is 12.4 Å². The Bertz CT molecular complexity index is 268. The first kappa shape index (κ1) is 5.54. The first-order valence-electron chi connectivity index (χ1n) is 3.35. The third-order valence-electron chi connectivity index (χ3n) is 1.55. The summed E-state index contributed by atoms with van der Waals surface area (Å²) in [5.41, 5.74) is 1.17. The van der Waals surface area contributed by atoms with E-state index in [9.17, 15) is 0 Å². The Kier molecular flexibility index (Phi) is 1.21. The lowest BCUT2D eigenvalue weighted by atomic mass is 10.1. The van der Waals surface area contributed by atoms with Crippen LogP contribution in [0.5, 0.6) is 5.75 Å². The number of benzene rings is 1. The second kappa shape index (κ2) is 2.18. The molecule has 1 aromatic carbocycles. The first-order chi connectivity index (χ1) is 4.97. The lowest BCUT2D eigenvalue weighted by Gasteiger charge is -2.10. The van der Waals surface area contributed by atoms with Gasteiger partial charge >= 0.3 is 1.43 Å². The van der Waals surface area contributed by atoms with Gasteiger partial charge in [0.25, 0.3) is 0 Å². The molecule has 0 aliphatic carbocycles. The molecule has 0 aromatic heterocycles. The maximum absolute atomic E-state index is 5.34. The average Bonchev–Trinajstić information content (AvgIpc) is 2.05. The van der Waals surface area contributed by atoms with E-state index in [-0.39, 0.29) is 1.43 Å². The quantitative estimate of drug-likeness (QED) is 0.527. The van der Waals surface area contributed by atoms with E-state index in [4.69, 9.17) is 4.74 Å². The minimum Gasteiger partial charge on any atom is -0.489 e. The van der Waals surface area contributed by atoms with Crippen LogP contribution in [0, 0.1) is 0 Å². The minimum absolute atomic E-state index is 0. The van der Waals surface area contributed by atoms with Crippen molar-refractivity contribution in [1.82, 2.24) is 0 Å². The molecular weight excluding hydrogens is 124 g/mol. The van der Waals surface area contributed by atoms with Gasteiger partial charge in [-0.3, -0.25) is 0 Å². The van der Waals surface area contributed by atoms with Crippen LogP contribution in [0.15, 0.2) is 30.3 Å². The van der Waals surface area contributed by atoms with Crippen molar-refractivity contribution in [2.45, 2.75) is 0 Å². The summed E-state index contributed by atoms with van der Waals surface area (Å²) in [7, 11) is 0. The third-order valence-corrected chi connectivity index (χ3v) is 1.55. The van der Waals surface area contributed by atoms with Crippen molar-refractivity contribution >= 4 is 6.08 Å². The van der Waals surface area contributed by atoms with Crippen LogP contribution in [0.3, 0.4) is 0 Å². The van der Waals surface area contributed by atoms with E-state index in [0.717, 1.165) is 5.75 Å². The zero-order valence-corrected chi connectivity index (χ0v) is 5.58. The maximum Gasteiger partial charge on any atom is 1.00 e. The smallest absolute Gasteiger partial charge is 0.489 e. The van der Waals surface area contributed by atoms with Gasteiger partial charge in [-0.2, -0.15) is 0 Å². The molecule has 0 unspecified atom stereocenters. The van der Waals surface area contributed by atoms with Crippen molar-refractivity contribution in [3.8, 4) is 5.75 Å². The van der Waals surface area contributed by atoms with Crippen molar-refractivity contribution < 1.29 is 6.16 Å². The predicted octanol–water partition coefficient (Wildman–Crippen LogP) is 2.20. The average molecular weight is 133 g/mol. The number of ether oxygens (including phenoxy) is 1. The van der Waals surface area contributed by atoms with Gasteiger partial charge in [-0.05, 0) is 12.1 Å². The Morgan fingerprint density at radius 3 is 3.10 bits per heavy atom. The molecule has 0 amide bonds. The van der Waals surface area contributed by atoms with Gasteiger partial charge in [-0.25, -0.2) is 0 Å². The van der Waals surface area contributed by atoms with E-state index in [2.05, 4.69) is 6.08 Å². The van der Waals surface area contributed by atoms with Crippen molar-refractivity contribution in [1.29, 1.82) is 0 Å². The summed E-state index contributed by atoms with van der Waals surface area (Å²) in [5, 5.41) is 0. The summed E-state index contributed by atoms with van der Waals surface area (Å²) in [6, 6.07) is 8.03. The standard InChI is InChI=1S/C9H8O/c1-2-6-9-8(4-1)5-3-7-10-9/h1-6H,7H2/p+1. The molecule has 0 saturated carbocycles. The van der Waals surface area contributed by atoms with Gasteiger partial charge in [0.15, 0.2) is 0 Å². The highest BCUT2D eigenvalue weighted by atomic mass is 16.5. The second-order valence-electron chi connectivity index (χ2n) is 2.25. The SMILES string of the molecule is C1=Cc2ccccc2OC1.[H+]. The summed E-state index contributed by atoms with van der Waals surface area (Å²) in [4.78, 5) is 0.